The number of nitrogens with zero attached hydrogens (tertiary/aromatic N) is 1. The monoisotopic (exact) mass is 309 g/mol. The Morgan fingerprint density at radius 1 is 1.43 bits per heavy atom. The van der Waals surface area contributed by atoms with E-state index in [-0.39, 0.29) is 11.3 Å². The second kappa shape index (κ2) is 5.97. The first-order valence-corrected chi connectivity index (χ1v) is 8.46. The first kappa shape index (κ1) is 16.3. The zero-order valence-corrected chi connectivity index (χ0v) is 14.6. The van der Waals surface area contributed by atoms with Gasteiger partial charge in [0.25, 0.3) is 0 Å². The molecule has 1 aromatic heterocycles. The van der Waals surface area contributed by atoms with Crippen LogP contribution in [0.1, 0.15) is 61.2 Å². The molecule has 21 heavy (non-hydrogen) atoms. The van der Waals surface area contributed by atoms with E-state index >= 15 is 0 Å². The Labute approximate surface area is 131 Å². The average Bonchev–Trinajstić information content (AvgIpc) is 3.20. The molecule has 3 N–H and O–H groups in total. The van der Waals surface area contributed by atoms with Crippen LogP contribution in [0.25, 0.3) is 0 Å². The zero-order valence-electron chi connectivity index (χ0n) is 13.7. The smallest absolute Gasteiger partial charge is 0.174 e. The van der Waals surface area contributed by atoms with Crippen molar-refractivity contribution in [2.75, 3.05) is 31.7 Å². The van der Waals surface area contributed by atoms with Crippen molar-refractivity contribution >= 4 is 27.8 Å². The fourth-order valence-corrected chi connectivity index (χ4v) is 3.40. The number of thiophene rings is 1. The van der Waals surface area contributed by atoms with Gasteiger partial charge in [-0.1, -0.05) is 6.92 Å². The number of anilines is 2. The standard InChI is InChI=1S/C16H27N3OS/c1-6-11(20)14-13(17)12(10-7-8-10)15(21-14)18-9-16(2,3)19(4)5/h10,18H,6-9,17H2,1-5H3. The van der Waals surface area contributed by atoms with Gasteiger partial charge in [-0.25, -0.2) is 0 Å². The molecule has 1 saturated carbocycles. The van der Waals surface area contributed by atoms with E-state index in [0.717, 1.165) is 22.1 Å². The average molecular weight is 309 g/mol. The van der Waals surface area contributed by atoms with Crippen LogP contribution >= 0.6 is 11.3 Å². The minimum atomic E-state index is 0.0501. The van der Waals surface area contributed by atoms with Crippen molar-refractivity contribution in [3.8, 4) is 0 Å². The first-order chi connectivity index (χ1) is 9.77. The van der Waals surface area contributed by atoms with E-state index in [0.29, 0.717) is 12.3 Å². The molecule has 2 rings (SSSR count). The molecule has 1 aliphatic carbocycles. The van der Waals surface area contributed by atoms with Crippen LogP contribution in [-0.4, -0.2) is 36.9 Å². The molecule has 0 radical (unpaired) electrons. The highest BCUT2D eigenvalue weighted by Crippen LogP contribution is 2.51. The molecule has 0 unspecified atom stereocenters. The molecule has 0 aromatic carbocycles. The number of Topliss-reactive ketones (excluding diaryl/α,β-unsaturated/α-hetero) is 1. The summed E-state index contributed by atoms with van der Waals surface area (Å²) in [6.45, 7) is 7.12. The van der Waals surface area contributed by atoms with E-state index in [1.54, 1.807) is 0 Å². The van der Waals surface area contributed by atoms with Crippen LogP contribution in [-0.2, 0) is 0 Å². The van der Waals surface area contributed by atoms with Gasteiger partial charge >= 0.3 is 0 Å². The molecule has 1 heterocycles. The molecule has 1 fully saturated rings. The fourth-order valence-electron chi connectivity index (χ4n) is 2.19. The van der Waals surface area contributed by atoms with E-state index < -0.39 is 0 Å². The van der Waals surface area contributed by atoms with Crippen LogP contribution in [0.2, 0.25) is 0 Å². The number of ketones is 1. The van der Waals surface area contributed by atoms with Crippen LogP contribution in [0.5, 0.6) is 0 Å². The Kier molecular flexibility index (Phi) is 4.63. The summed E-state index contributed by atoms with van der Waals surface area (Å²) in [4.78, 5) is 15.0. The third kappa shape index (κ3) is 3.40. The van der Waals surface area contributed by atoms with Gasteiger partial charge in [-0.2, -0.15) is 0 Å². The van der Waals surface area contributed by atoms with Gasteiger partial charge < -0.3 is 16.0 Å². The van der Waals surface area contributed by atoms with Crippen molar-refractivity contribution < 1.29 is 4.79 Å². The fraction of sp³-hybridized carbons (Fsp3) is 0.688. The summed E-state index contributed by atoms with van der Waals surface area (Å²) < 4.78 is 0. The summed E-state index contributed by atoms with van der Waals surface area (Å²) in [5.41, 5.74) is 8.22. The summed E-state index contributed by atoms with van der Waals surface area (Å²) in [5.74, 6) is 0.698. The Bertz CT molecular complexity index is 530. The van der Waals surface area contributed by atoms with Gasteiger partial charge in [-0.3, -0.25) is 4.79 Å². The van der Waals surface area contributed by atoms with E-state index in [2.05, 4.69) is 38.2 Å². The van der Waals surface area contributed by atoms with Crippen LogP contribution in [0.15, 0.2) is 0 Å². The van der Waals surface area contributed by atoms with Crippen molar-refractivity contribution in [3.05, 3.63) is 10.4 Å². The summed E-state index contributed by atoms with van der Waals surface area (Å²) in [6.07, 6.45) is 2.89. The summed E-state index contributed by atoms with van der Waals surface area (Å²) in [5, 5.41) is 4.64. The number of hydrogen-bond donors (Lipinski definition) is 2. The third-order valence-electron chi connectivity index (χ3n) is 4.44. The van der Waals surface area contributed by atoms with Gasteiger partial charge in [0.1, 0.15) is 0 Å². The predicted octanol–water partition coefficient (Wildman–Crippen LogP) is 3.55. The quantitative estimate of drug-likeness (QED) is 0.756. The molecule has 1 aromatic rings. The summed E-state index contributed by atoms with van der Waals surface area (Å²) >= 11 is 1.54. The predicted molar refractivity (Wildman–Crippen MR) is 91.6 cm³/mol. The Morgan fingerprint density at radius 2 is 2.05 bits per heavy atom. The Balaban J connectivity index is 2.24. The first-order valence-electron chi connectivity index (χ1n) is 7.64. The van der Waals surface area contributed by atoms with Crippen molar-refractivity contribution in [3.63, 3.8) is 0 Å². The van der Waals surface area contributed by atoms with E-state index in [4.69, 9.17) is 5.73 Å². The lowest BCUT2D eigenvalue weighted by Gasteiger charge is -2.33. The van der Waals surface area contributed by atoms with Crippen LogP contribution in [0.4, 0.5) is 10.7 Å². The summed E-state index contributed by atoms with van der Waals surface area (Å²) in [6, 6.07) is 0. The lowest BCUT2D eigenvalue weighted by atomic mass is 10.0. The molecular weight excluding hydrogens is 282 g/mol. The lowest BCUT2D eigenvalue weighted by Crippen LogP contribution is -2.44. The maximum atomic E-state index is 12.0. The molecular formula is C16H27N3OS. The molecule has 0 atom stereocenters. The molecule has 0 spiro atoms. The minimum Gasteiger partial charge on any atom is -0.397 e. The number of nitrogens with two attached hydrogens (primary N) is 1. The Morgan fingerprint density at radius 3 is 2.52 bits per heavy atom. The van der Waals surface area contributed by atoms with Crippen molar-refractivity contribution in [2.45, 2.75) is 51.5 Å². The van der Waals surface area contributed by atoms with Crippen LogP contribution in [0, 0.1) is 0 Å². The SMILES string of the molecule is CCC(=O)c1sc(NCC(C)(C)N(C)C)c(C2CC2)c1N. The molecule has 0 bridgehead atoms. The molecule has 1 aliphatic rings. The number of carbonyl (C=O) groups is 1. The van der Waals surface area contributed by atoms with Gasteiger partial charge in [-0.15, -0.1) is 11.3 Å². The highest BCUT2D eigenvalue weighted by Gasteiger charge is 2.33. The van der Waals surface area contributed by atoms with Crippen LogP contribution < -0.4 is 11.1 Å². The van der Waals surface area contributed by atoms with Gasteiger partial charge in [0, 0.05) is 24.1 Å². The van der Waals surface area contributed by atoms with E-state index in [1.165, 1.54) is 29.7 Å². The van der Waals surface area contributed by atoms with Crippen molar-refractivity contribution in [1.29, 1.82) is 0 Å². The molecule has 118 valence electrons. The highest BCUT2D eigenvalue weighted by atomic mass is 32.1. The van der Waals surface area contributed by atoms with Crippen molar-refractivity contribution in [1.82, 2.24) is 4.90 Å². The minimum absolute atomic E-state index is 0.0501. The Hall–Kier alpha value is -1.07. The topological polar surface area (TPSA) is 58.4 Å². The number of likely N-dealkylation sites (N-methyl/N-ethyl adjacent to an activating group) is 1. The van der Waals surface area contributed by atoms with Gasteiger partial charge in [0.2, 0.25) is 0 Å². The number of nitrogen functional groups attached to an aromatic ring is 1. The molecule has 5 heteroatoms. The van der Waals surface area contributed by atoms with Gasteiger partial charge in [0.15, 0.2) is 5.78 Å². The van der Waals surface area contributed by atoms with Gasteiger partial charge in [-0.05, 0) is 46.7 Å². The number of hydrogen-bond acceptors (Lipinski definition) is 5. The number of carbonyl (C=O) groups excluding carboxylic acids is 1. The number of nitrogens with one attached hydrogen (secondary N) is 1. The zero-order chi connectivity index (χ0) is 15.8. The third-order valence-corrected chi connectivity index (χ3v) is 5.66. The summed E-state index contributed by atoms with van der Waals surface area (Å²) in [7, 11) is 4.16. The number of rotatable bonds is 7. The van der Waals surface area contributed by atoms with E-state index in [1.807, 2.05) is 6.92 Å². The lowest BCUT2D eigenvalue weighted by molar-refractivity contribution is 0.0993. The molecule has 0 amide bonds. The highest BCUT2D eigenvalue weighted by molar-refractivity contribution is 7.18. The normalized spacial score (nSPS) is 15.5. The maximum absolute atomic E-state index is 12.0. The molecule has 0 aliphatic heterocycles. The van der Waals surface area contributed by atoms with Gasteiger partial charge in [0.05, 0.1) is 15.6 Å². The largest absolute Gasteiger partial charge is 0.397 e. The van der Waals surface area contributed by atoms with E-state index in [9.17, 15) is 4.79 Å². The second-order valence-electron chi connectivity index (χ2n) is 6.70. The molecule has 4 nitrogen and oxygen atoms in total. The molecule has 0 saturated heterocycles. The second-order valence-corrected chi connectivity index (χ2v) is 7.72. The maximum Gasteiger partial charge on any atom is 0.174 e. The van der Waals surface area contributed by atoms with Crippen molar-refractivity contribution in [2.24, 2.45) is 0 Å². The van der Waals surface area contributed by atoms with Crippen LogP contribution in [0.3, 0.4) is 0 Å².